The van der Waals surface area contributed by atoms with Crippen LogP contribution >= 0.6 is 0 Å². The fourth-order valence-electron chi connectivity index (χ4n) is 1.63. The van der Waals surface area contributed by atoms with Crippen molar-refractivity contribution < 1.29 is 4.79 Å². The minimum Gasteiger partial charge on any atom is -0.326 e. The van der Waals surface area contributed by atoms with Crippen molar-refractivity contribution in [3.05, 3.63) is 66.0 Å². The number of benzene rings is 1. The molecule has 90 valence electrons. The van der Waals surface area contributed by atoms with Gasteiger partial charge in [0, 0.05) is 30.6 Å². The van der Waals surface area contributed by atoms with Crippen molar-refractivity contribution in [1.82, 2.24) is 10.3 Å². The first kappa shape index (κ1) is 12.0. The third-order valence-corrected chi connectivity index (χ3v) is 2.41. The highest BCUT2D eigenvalue weighted by molar-refractivity contribution is 5.91. The molecule has 0 bridgehead atoms. The Morgan fingerprint density at radius 3 is 2.39 bits per heavy atom. The lowest BCUT2D eigenvalue weighted by Gasteiger charge is -2.08. The van der Waals surface area contributed by atoms with E-state index in [1.165, 1.54) is 6.92 Å². The number of rotatable bonds is 3. The second kappa shape index (κ2) is 5.77. The van der Waals surface area contributed by atoms with Crippen molar-refractivity contribution in [2.75, 3.05) is 0 Å². The molecule has 1 N–H and O–H groups in total. The molecule has 0 spiro atoms. The molecule has 0 fully saturated rings. The van der Waals surface area contributed by atoms with E-state index in [-0.39, 0.29) is 5.91 Å². The summed E-state index contributed by atoms with van der Waals surface area (Å²) in [5.74, 6) is -0.0889. The van der Waals surface area contributed by atoms with Crippen LogP contribution in [0.3, 0.4) is 0 Å². The zero-order valence-corrected chi connectivity index (χ0v) is 10.1. The molecule has 1 heterocycles. The fourth-order valence-corrected chi connectivity index (χ4v) is 1.63. The molecular formula is C15H14N2O. The molecule has 18 heavy (non-hydrogen) atoms. The summed E-state index contributed by atoms with van der Waals surface area (Å²) in [6, 6.07) is 13.6. The second-order valence-electron chi connectivity index (χ2n) is 3.89. The van der Waals surface area contributed by atoms with E-state index in [0.29, 0.717) is 0 Å². The van der Waals surface area contributed by atoms with Gasteiger partial charge in [0.05, 0.1) is 0 Å². The van der Waals surface area contributed by atoms with Crippen LogP contribution in [-0.2, 0) is 4.79 Å². The molecule has 0 radical (unpaired) electrons. The van der Waals surface area contributed by atoms with E-state index in [1.807, 2.05) is 48.5 Å². The van der Waals surface area contributed by atoms with Gasteiger partial charge in [0.1, 0.15) is 0 Å². The van der Waals surface area contributed by atoms with Gasteiger partial charge in [-0.1, -0.05) is 30.3 Å². The molecule has 1 amide bonds. The summed E-state index contributed by atoms with van der Waals surface area (Å²) in [6.45, 7) is 1.50. The Morgan fingerprint density at radius 2 is 1.78 bits per heavy atom. The second-order valence-corrected chi connectivity index (χ2v) is 3.89. The molecule has 0 saturated heterocycles. The number of carbonyl (C=O) groups excluding carboxylic acids is 1. The van der Waals surface area contributed by atoms with Crippen LogP contribution in [0.15, 0.2) is 54.9 Å². The van der Waals surface area contributed by atoms with Crippen LogP contribution in [0.25, 0.3) is 11.8 Å². The highest BCUT2D eigenvalue weighted by Gasteiger charge is 2.03. The monoisotopic (exact) mass is 238 g/mol. The molecule has 3 heteroatoms. The lowest BCUT2D eigenvalue weighted by molar-refractivity contribution is -0.117. The third kappa shape index (κ3) is 3.28. The normalized spacial score (nSPS) is 11.1. The number of nitrogens with zero attached hydrogens (tertiary/aromatic N) is 1. The van der Waals surface area contributed by atoms with Gasteiger partial charge >= 0.3 is 0 Å². The number of nitrogens with one attached hydrogen (secondary N) is 1. The summed E-state index contributed by atoms with van der Waals surface area (Å²) >= 11 is 0. The molecule has 0 aliphatic carbocycles. The Bertz CT molecular complexity index is 547. The number of pyridine rings is 1. The first-order valence-corrected chi connectivity index (χ1v) is 5.70. The molecule has 1 aromatic carbocycles. The Balaban J connectivity index is 2.37. The largest absolute Gasteiger partial charge is 0.326 e. The summed E-state index contributed by atoms with van der Waals surface area (Å²) < 4.78 is 0. The maximum absolute atomic E-state index is 11.3. The van der Waals surface area contributed by atoms with Gasteiger partial charge in [-0.25, -0.2) is 0 Å². The van der Waals surface area contributed by atoms with Crippen LogP contribution in [0.2, 0.25) is 0 Å². The quantitative estimate of drug-likeness (QED) is 0.893. The van der Waals surface area contributed by atoms with Crippen molar-refractivity contribution >= 4 is 17.7 Å². The molecule has 1 aromatic heterocycles. The predicted octanol–water partition coefficient (Wildman–Crippen LogP) is 2.72. The van der Waals surface area contributed by atoms with Gasteiger partial charge < -0.3 is 5.32 Å². The summed E-state index contributed by atoms with van der Waals surface area (Å²) in [5, 5.41) is 2.84. The van der Waals surface area contributed by atoms with Crippen LogP contribution < -0.4 is 5.32 Å². The van der Waals surface area contributed by atoms with Crippen molar-refractivity contribution in [2.24, 2.45) is 0 Å². The highest BCUT2D eigenvalue weighted by atomic mass is 16.1. The lowest BCUT2D eigenvalue weighted by atomic mass is 10.1. The van der Waals surface area contributed by atoms with Gasteiger partial charge in [0.2, 0.25) is 5.91 Å². The first-order chi connectivity index (χ1) is 8.75. The van der Waals surface area contributed by atoms with Crippen molar-refractivity contribution in [2.45, 2.75) is 6.92 Å². The Labute approximate surface area is 106 Å². The molecule has 0 aliphatic heterocycles. The van der Waals surface area contributed by atoms with Crippen LogP contribution in [0, 0.1) is 0 Å². The molecule has 0 atom stereocenters. The van der Waals surface area contributed by atoms with Crippen molar-refractivity contribution in [1.29, 1.82) is 0 Å². The topological polar surface area (TPSA) is 42.0 Å². The summed E-state index contributed by atoms with van der Waals surface area (Å²) in [4.78, 5) is 15.2. The van der Waals surface area contributed by atoms with Gasteiger partial charge in [-0.15, -0.1) is 0 Å². The standard InChI is InChI=1S/C15H14N2O/c1-12(18)17-15(14-7-9-16-10-8-14)11-13-5-3-2-4-6-13/h2-11H,1H3,(H,17,18)/b15-11-. The van der Waals surface area contributed by atoms with Crippen LogP contribution in [0.1, 0.15) is 18.1 Å². The zero-order chi connectivity index (χ0) is 12.8. The van der Waals surface area contributed by atoms with Gasteiger partial charge in [-0.2, -0.15) is 0 Å². The molecular weight excluding hydrogens is 224 g/mol. The zero-order valence-electron chi connectivity index (χ0n) is 10.1. The van der Waals surface area contributed by atoms with E-state index in [9.17, 15) is 4.79 Å². The maximum atomic E-state index is 11.3. The highest BCUT2D eigenvalue weighted by Crippen LogP contribution is 2.14. The van der Waals surface area contributed by atoms with E-state index >= 15 is 0 Å². The molecule has 0 unspecified atom stereocenters. The van der Waals surface area contributed by atoms with Gasteiger partial charge in [0.15, 0.2) is 0 Å². The molecule has 0 aliphatic rings. The van der Waals surface area contributed by atoms with Gasteiger partial charge in [-0.3, -0.25) is 9.78 Å². The number of amides is 1. The van der Waals surface area contributed by atoms with E-state index in [1.54, 1.807) is 12.4 Å². The SMILES string of the molecule is CC(=O)N/C(=C\c1ccccc1)c1ccncc1. The summed E-state index contributed by atoms with van der Waals surface area (Å²) in [6.07, 6.45) is 5.35. The van der Waals surface area contributed by atoms with E-state index < -0.39 is 0 Å². The van der Waals surface area contributed by atoms with E-state index in [0.717, 1.165) is 16.8 Å². The Kier molecular flexibility index (Phi) is 3.86. The smallest absolute Gasteiger partial charge is 0.221 e. The average molecular weight is 238 g/mol. The molecule has 3 nitrogen and oxygen atoms in total. The summed E-state index contributed by atoms with van der Waals surface area (Å²) in [5.41, 5.74) is 2.75. The lowest BCUT2D eigenvalue weighted by Crippen LogP contribution is -2.17. The minimum atomic E-state index is -0.0889. The minimum absolute atomic E-state index is 0.0889. The maximum Gasteiger partial charge on any atom is 0.221 e. The van der Waals surface area contributed by atoms with Crippen LogP contribution in [0.5, 0.6) is 0 Å². The van der Waals surface area contributed by atoms with E-state index in [2.05, 4.69) is 10.3 Å². The van der Waals surface area contributed by atoms with Crippen LogP contribution in [0.4, 0.5) is 0 Å². The number of hydrogen-bond donors (Lipinski definition) is 1. The van der Waals surface area contributed by atoms with Crippen LogP contribution in [-0.4, -0.2) is 10.9 Å². The molecule has 2 rings (SSSR count). The fraction of sp³-hybridized carbons (Fsp3) is 0.0667. The number of aromatic nitrogens is 1. The molecule has 2 aromatic rings. The Hall–Kier alpha value is -2.42. The first-order valence-electron chi connectivity index (χ1n) is 5.70. The average Bonchev–Trinajstić information content (AvgIpc) is 2.40. The van der Waals surface area contributed by atoms with Gasteiger partial charge in [0.25, 0.3) is 0 Å². The third-order valence-electron chi connectivity index (χ3n) is 2.41. The number of hydrogen-bond acceptors (Lipinski definition) is 2. The summed E-state index contributed by atoms with van der Waals surface area (Å²) in [7, 11) is 0. The predicted molar refractivity (Wildman–Crippen MR) is 72.4 cm³/mol. The van der Waals surface area contributed by atoms with E-state index in [4.69, 9.17) is 0 Å². The van der Waals surface area contributed by atoms with Crippen molar-refractivity contribution in [3.63, 3.8) is 0 Å². The molecule has 0 saturated carbocycles. The number of carbonyl (C=O) groups is 1. The Morgan fingerprint density at radius 1 is 1.11 bits per heavy atom. The van der Waals surface area contributed by atoms with Crippen molar-refractivity contribution in [3.8, 4) is 0 Å². The van der Waals surface area contributed by atoms with Gasteiger partial charge in [-0.05, 0) is 23.8 Å².